The van der Waals surface area contributed by atoms with Gasteiger partial charge in [-0.2, -0.15) is 4.80 Å². The molecule has 1 aromatic heterocycles. The van der Waals surface area contributed by atoms with Gasteiger partial charge in [0, 0.05) is 17.4 Å². The monoisotopic (exact) mass is 290 g/mol. The predicted octanol–water partition coefficient (Wildman–Crippen LogP) is 3.32. The van der Waals surface area contributed by atoms with Gasteiger partial charge in [-0.3, -0.25) is 0 Å². The van der Waals surface area contributed by atoms with Crippen molar-refractivity contribution in [1.82, 2.24) is 20.2 Å². The third-order valence-corrected chi connectivity index (χ3v) is 4.98. The van der Waals surface area contributed by atoms with Crippen LogP contribution in [0.2, 0.25) is 0 Å². The Bertz CT molecular complexity index is 716. The van der Waals surface area contributed by atoms with Gasteiger partial charge in [0.05, 0.1) is 6.04 Å². The van der Waals surface area contributed by atoms with Crippen LogP contribution in [0.3, 0.4) is 0 Å². The summed E-state index contributed by atoms with van der Waals surface area (Å²) in [5, 5.41) is 12.5. The molecule has 0 bridgehead atoms. The molecule has 0 unspecified atom stereocenters. The van der Waals surface area contributed by atoms with E-state index in [2.05, 4.69) is 15.4 Å². The third kappa shape index (κ3) is 1.81. The van der Waals surface area contributed by atoms with Crippen LogP contribution < -0.4 is 0 Å². The van der Waals surface area contributed by atoms with Crippen LogP contribution in [-0.2, 0) is 0 Å². The smallest absolute Gasteiger partial charge is 0.206 e. The lowest BCUT2D eigenvalue weighted by molar-refractivity contribution is -0.00104. The molecule has 0 atom stereocenters. The van der Waals surface area contributed by atoms with Crippen molar-refractivity contribution in [2.75, 3.05) is 0 Å². The molecule has 0 saturated heterocycles. The van der Waals surface area contributed by atoms with Gasteiger partial charge in [0.2, 0.25) is 5.82 Å². The van der Waals surface area contributed by atoms with E-state index in [1.165, 1.54) is 15.9 Å². The summed E-state index contributed by atoms with van der Waals surface area (Å²) < 4.78 is 26.4. The van der Waals surface area contributed by atoms with Crippen LogP contribution in [0.15, 0.2) is 18.2 Å². The van der Waals surface area contributed by atoms with Gasteiger partial charge < -0.3 is 0 Å². The standard InChI is InChI=1S/C15H16F2N4/c1-9-3-4-11(5-10(9)2)13-18-20-21(19-13)12-6-14(7-12)8-15(14,16)17/h3-5,12H,6-8H2,1-2H3. The molecule has 2 aliphatic rings. The second-order valence-electron chi connectivity index (χ2n) is 6.46. The number of aryl methyl sites for hydroxylation is 2. The Kier molecular flexibility index (Phi) is 2.37. The van der Waals surface area contributed by atoms with E-state index in [0.717, 1.165) is 5.56 Å². The Labute approximate surface area is 121 Å². The van der Waals surface area contributed by atoms with E-state index in [0.29, 0.717) is 18.7 Å². The van der Waals surface area contributed by atoms with Gasteiger partial charge in [0.15, 0.2) is 0 Å². The first kappa shape index (κ1) is 12.9. The van der Waals surface area contributed by atoms with Gasteiger partial charge in [0.25, 0.3) is 5.92 Å². The number of benzene rings is 1. The highest BCUT2D eigenvalue weighted by Gasteiger charge is 2.76. The zero-order valence-corrected chi connectivity index (χ0v) is 12.0. The topological polar surface area (TPSA) is 43.6 Å². The number of hydrogen-bond donors (Lipinski definition) is 0. The Balaban J connectivity index is 1.53. The molecule has 2 fully saturated rings. The fourth-order valence-electron chi connectivity index (χ4n) is 3.21. The molecule has 21 heavy (non-hydrogen) atoms. The predicted molar refractivity (Wildman–Crippen MR) is 73.0 cm³/mol. The first-order chi connectivity index (χ1) is 9.90. The Morgan fingerprint density at radius 1 is 1.19 bits per heavy atom. The van der Waals surface area contributed by atoms with Gasteiger partial charge >= 0.3 is 0 Å². The van der Waals surface area contributed by atoms with E-state index in [4.69, 9.17) is 0 Å². The van der Waals surface area contributed by atoms with E-state index in [1.807, 2.05) is 32.0 Å². The molecule has 0 N–H and O–H groups in total. The third-order valence-electron chi connectivity index (χ3n) is 4.98. The lowest BCUT2D eigenvalue weighted by atomic mass is 9.76. The second kappa shape index (κ2) is 3.87. The first-order valence-corrected chi connectivity index (χ1v) is 7.15. The molecular formula is C15H16F2N4. The minimum atomic E-state index is -2.47. The van der Waals surface area contributed by atoms with Crippen LogP contribution in [0.5, 0.6) is 0 Å². The number of alkyl halides is 2. The van der Waals surface area contributed by atoms with Gasteiger partial charge in [0.1, 0.15) is 0 Å². The Morgan fingerprint density at radius 2 is 1.90 bits per heavy atom. The molecule has 1 aromatic carbocycles. The average molecular weight is 290 g/mol. The molecule has 4 nitrogen and oxygen atoms in total. The van der Waals surface area contributed by atoms with Crippen molar-refractivity contribution in [3.63, 3.8) is 0 Å². The summed E-state index contributed by atoms with van der Waals surface area (Å²) in [6.07, 6.45) is 0.945. The molecule has 0 amide bonds. The summed E-state index contributed by atoms with van der Waals surface area (Å²) in [6.45, 7) is 4.08. The minimum absolute atomic E-state index is 0.0230. The lowest BCUT2D eigenvalue weighted by Gasteiger charge is -2.34. The SMILES string of the molecule is Cc1ccc(-c2nnn(C3CC4(C3)CC4(F)F)n2)cc1C. The van der Waals surface area contributed by atoms with Gasteiger partial charge in [-0.1, -0.05) is 12.1 Å². The fraction of sp³-hybridized carbons (Fsp3) is 0.533. The molecule has 2 saturated carbocycles. The normalized spacial score (nSPS) is 29.4. The van der Waals surface area contributed by atoms with Crippen LogP contribution in [0.1, 0.15) is 36.4 Å². The Morgan fingerprint density at radius 3 is 2.52 bits per heavy atom. The van der Waals surface area contributed by atoms with Crippen LogP contribution in [0.25, 0.3) is 11.4 Å². The van der Waals surface area contributed by atoms with Gasteiger partial charge in [-0.25, -0.2) is 8.78 Å². The Hall–Kier alpha value is -1.85. The average Bonchev–Trinajstić information content (AvgIpc) is 2.77. The first-order valence-electron chi connectivity index (χ1n) is 7.15. The molecular weight excluding hydrogens is 274 g/mol. The van der Waals surface area contributed by atoms with Crippen LogP contribution in [0, 0.1) is 19.3 Å². The highest BCUT2D eigenvalue weighted by molar-refractivity contribution is 5.56. The van der Waals surface area contributed by atoms with Crippen molar-refractivity contribution >= 4 is 0 Å². The van der Waals surface area contributed by atoms with Crippen molar-refractivity contribution in [2.45, 2.75) is 45.1 Å². The molecule has 6 heteroatoms. The van der Waals surface area contributed by atoms with Crippen LogP contribution in [0.4, 0.5) is 8.78 Å². The fourth-order valence-corrected chi connectivity index (χ4v) is 3.21. The molecule has 0 radical (unpaired) electrons. The van der Waals surface area contributed by atoms with E-state index >= 15 is 0 Å². The summed E-state index contributed by atoms with van der Waals surface area (Å²) >= 11 is 0. The van der Waals surface area contributed by atoms with E-state index in [-0.39, 0.29) is 12.5 Å². The highest BCUT2D eigenvalue weighted by Crippen LogP contribution is 2.73. The maximum Gasteiger partial charge on any atom is 0.254 e. The summed E-state index contributed by atoms with van der Waals surface area (Å²) in [6, 6.07) is 5.97. The number of aromatic nitrogens is 4. The molecule has 0 aliphatic heterocycles. The summed E-state index contributed by atoms with van der Waals surface area (Å²) in [5.41, 5.74) is 2.54. The van der Waals surface area contributed by atoms with Crippen LogP contribution >= 0.6 is 0 Å². The molecule has 1 heterocycles. The van der Waals surface area contributed by atoms with Crippen molar-refractivity contribution in [3.8, 4) is 11.4 Å². The second-order valence-corrected chi connectivity index (χ2v) is 6.46. The number of nitrogens with zero attached hydrogens (tertiary/aromatic N) is 4. The molecule has 2 aromatic rings. The number of tetrazole rings is 1. The zero-order valence-electron chi connectivity index (χ0n) is 12.0. The largest absolute Gasteiger partial charge is 0.254 e. The summed E-state index contributed by atoms with van der Waals surface area (Å²) in [4.78, 5) is 1.50. The maximum absolute atomic E-state index is 13.2. The van der Waals surface area contributed by atoms with Crippen molar-refractivity contribution in [1.29, 1.82) is 0 Å². The minimum Gasteiger partial charge on any atom is -0.206 e. The van der Waals surface area contributed by atoms with Crippen molar-refractivity contribution in [2.24, 2.45) is 5.41 Å². The van der Waals surface area contributed by atoms with E-state index < -0.39 is 11.3 Å². The summed E-state index contributed by atoms with van der Waals surface area (Å²) in [7, 11) is 0. The zero-order chi connectivity index (χ0) is 14.8. The van der Waals surface area contributed by atoms with Crippen LogP contribution in [-0.4, -0.2) is 26.1 Å². The molecule has 2 aliphatic carbocycles. The van der Waals surface area contributed by atoms with E-state index in [1.54, 1.807) is 0 Å². The van der Waals surface area contributed by atoms with Gasteiger partial charge in [-0.05, 0) is 49.1 Å². The highest BCUT2D eigenvalue weighted by atomic mass is 19.3. The molecule has 1 spiro atoms. The van der Waals surface area contributed by atoms with Crippen molar-refractivity contribution in [3.05, 3.63) is 29.3 Å². The molecule has 4 rings (SSSR count). The van der Waals surface area contributed by atoms with Gasteiger partial charge in [-0.15, -0.1) is 10.2 Å². The van der Waals surface area contributed by atoms with E-state index in [9.17, 15) is 8.78 Å². The number of halogens is 2. The number of rotatable bonds is 2. The lowest BCUT2D eigenvalue weighted by Crippen LogP contribution is -2.33. The molecule has 110 valence electrons. The quantitative estimate of drug-likeness (QED) is 0.852. The summed E-state index contributed by atoms with van der Waals surface area (Å²) in [5.74, 6) is -1.91. The number of hydrogen-bond acceptors (Lipinski definition) is 3. The van der Waals surface area contributed by atoms with Crippen molar-refractivity contribution < 1.29 is 8.78 Å². The maximum atomic E-state index is 13.2.